The lowest BCUT2D eigenvalue weighted by Gasteiger charge is -2.25. The Morgan fingerprint density at radius 1 is 1.43 bits per heavy atom. The average molecular weight is 305 g/mol. The van der Waals surface area contributed by atoms with E-state index in [9.17, 15) is 4.39 Å². The van der Waals surface area contributed by atoms with Crippen molar-refractivity contribution < 1.29 is 9.13 Å². The summed E-state index contributed by atoms with van der Waals surface area (Å²) in [5.74, 6) is -0.231. The second-order valence-corrected chi connectivity index (χ2v) is 5.62. The van der Waals surface area contributed by atoms with E-state index in [2.05, 4.69) is 22.6 Å². The van der Waals surface area contributed by atoms with Crippen LogP contribution < -0.4 is 5.43 Å². The number of benzene rings is 1. The first-order valence-corrected chi connectivity index (χ1v) is 7.54. The molecule has 2 aliphatic rings. The molecule has 2 aliphatic heterocycles. The van der Waals surface area contributed by atoms with Crippen LogP contribution in [-0.2, 0) is 4.74 Å². The lowest BCUT2D eigenvalue weighted by molar-refractivity contribution is 0.208. The van der Waals surface area contributed by atoms with Crippen molar-refractivity contribution in [2.75, 3.05) is 20.3 Å². The smallest absolute Gasteiger partial charge is 0.182 e. The molecule has 0 radical (unpaired) electrons. The van der Waals surface area contributed by atoms with Crippen LogP contribution in [0.1, 0.15) is 12.0 Å². The molecule has 110 valence electrons. The Labute approximate surface area is 127 Å². The summed E-state index contributed by atoms with van der Waals surface area (Å²) in [4.78, 5) is 4.44. The number of hydrogen-bond acceptors (Lipinski definition) is 4. The summed E-state index contributed by atoms with van der Waals surface area (Å²) in [5.41, 5.74) is 5.06. The molecule has 0 spiro atoms. The maximum absolute atomic E-state index is 13.4. The fourth-order valence-corrected chi connectivity index (χ4v) is 3.10. The van der Waals surface area contributed by atoms with Gasteiger partial charge in [-0.1, -0.05) is 18.2 Å². The van der Waals surface area contributed by atoms with Crippen molar-refractivity contribution in [3.8, 4) is 0 Å². The van der Waals surface area contributed by atoms with E-state index >= 15 is 0 Å². The molecule has 0 aromatic heterocycles. The molecule has 0 bridgehead atoms. The van der Waals surface area contributed by atoms with Gasteiger partial charge >= 0.3 is 0 Å². The van der Waals surface area contributed by atoms with E-state index in [0.717, 1.165) is 27.9 Å². The van der Waals surface area contributed by atoms with Crippen molar-refractivity contribution in [3.63, 3.8) is 0 Å². The molecular weight excluding hydrogens is 289 g/mol. The van der Waals surface area contributed by atoms with Crippen LogP contribution in [0, 0.1) is 5.82 Å². The topological polar surface area (TPSA) is 36.9 Å². The molecular formula is C15H16FN3OS. The minimum absolute atomic E-state index is 0.231. The number of thioether (sulfide) groups is 1. The number of rotatable bonds is 4. The molecule has 0 amide bonds. The maximum Gasteiger partial charge on any atom is 0.182 e. The van der Waals surface area contributed by atoms with Crippen molar-refractivity contribution in [3.05, 3.63) is 52.8 Å². The Balaban J connectivity index is 1.80. The first-order chi connectivity index (χ1) is 10.3. The number of amidine groups is 1. The van der Waals surface area contributed by atoms with Crippen LogP contribution in [0.2, 0.25) is 0 Å². The van der Waals surface area contributed by atoms with Crippen molar-refractivity contribution in [2.45, 2.75) is 6.42 Å². The average Bonchev–Trinajstić information content (AvgIpc) is 2.90. The van der Waals surface area contributed by atoms with E-state index in [1.807, 2.05) is 11.1 Å². The predicted octanol–water partition coefficient (Wildman–Crippen LogP) is 2.97. The molecule has 21 heavy (non-hydrogen) atoms. The number of nitrogens with one attached hydrogen (secondary N) is 1. The van der Waals surface area contributed by atoms with Crippen LogP contribution in [0.5, 0.6) is 0 Å². The van der Waals surface area contributed by atoms with Crippen molar-refractivity contribution in [1.82, 2.24) is 10.4 Å². The van der Waals surface area contributed by atoms with Gasteiger partial charge in [-0.2, -0.15) is 0 Å². The van der Waals surface area contributed by atoms with Crippen LogP contribution in [0.25, 0.3) is 5.70 Å². The number of allylic oxidation sites excluding steroid dienone is 2. The molecule has 4 nitrogen and oxygen atoms in total. The first-order valence-electron chi connectivity index (χ1n) is 6.72. The van der Waals surface area contributed by atoms with Crippen LogP contribution in [0.4, 0.5) is 4.39 Å². The van der Waals surface area contributed by atoms with E-state index in [0.29, 0.717) is 13.2 Å². The summed E-state index contributed by atoms with van der Waals surface area (Å²) >= 11 is 1.58. The van der Waals surface area contributed by atoms with Gasteiger partial charge in [-0.05, 0) is 36.4 Å². The molecule has 0 unspecified atom stereocenters. The number of hydrogen-bond donors (Lipinski definition) is 1. The molecule has 2 heterocycles. The summed E-state index contributed by atoms with van der Waals surface area (Å²) in [6.45, 7) is 1.21. The Kier molecular flexibility index (Phi) is 4.26. The normalized spacial score (nSPS) is 19.1. The Morgan fingerprint density at radius 2 is 2.33 bits per heavy atom. The third-order valence-corrected chi connectivity index (χ3v) is 4.12. The number of fused-ring (bicyclic) bond motifs is 1. The highest BCUT2D eigenvalue weighted by Crippen LogP contribution is 2.37. The van der Waals surface area contributed by atoms with Crippen molar-refractivity contribution in [1.29, 1.82) is 0 Å². The van der Waals surface area contributed by atoms with Crippen LogP contribution in [0.15, 0.2) is 46.4 Å². The summed E-state index contributed by atoms with van der Waals surface area (Å²) < 4.78 is 18.4. The summed E-state index contributed by atoms with van der Waals surface area (Å²) in [7, 11) is 1.66. The molecule has 6 heteroatoms. The number of hydrazine groups is 1. The molecule has 0 aliphatic carbocycles. The molecule has 1 aromatic rings. The van der Waals surface area contributed by atoms with Gasteiger partial charge in [0.25, 0.3) is 0 Å². The number of ether oxygens (including phenoxy) is 1. The highest BCUT2D eigenvalue weighted by atomic mass is 32.2. The van der Waals surface area contributed by atoms with Gasteiger partial charge in [-0.25, -0.2) is 9.40 Å². The maximum atomic E-state index is 13.4. The van der Waals surface area contributed by atoms with E-state index in [-0.39, 0.29) is 5.82 Å². The number of halogens is 1. The number of methoxy groups -OCH3 is 1. The second-order valence-electron chi connectivity index (χ2n) is 4.61. The number of aliphatic imine (C=N–C) groups is 1. The van der Waals surface area contributed by atoms with E-state index in [1.54, 1.807) is 31.0 Å². The zero-order chi connectivity index (χ0) is 14.7. The van der Waals surface area contributed by atoms with Crippen LogP contribution in [-0.4, -0.2) is 30.4 Å². The third kappa shape index (κ3) is 3.11. The minimum atomic E-state index is -0.231. The Bertz CT molecular complexity index is 627. The molecule has 1 N–H and O–H groups in total. The van der Waals surface area contributed by atoms with Gasteiger partial charge in [-0.15, -0.1) is 0 Å². The SMILES string of the molecule is COCCN=C1NN2C(=CCC=C2c2cccc(F)c2)S1. The van der Waals surface area contributed by atoms with Crippen LogP contribution >= 0.6 is 11.8 Å². The van der Waals surface area contributed by atoms with Gasteiger partial charge in [0.1, 0.15) is 10.8 Å². The van der Waals surface area contributed by atoms with Gasteiger partial charge in [0.15, 0.2) is 5.17 Å². The van der Waals surface area contributed by atoms with Crippen molar-refractivity contribution >= 4 is 22.6 Å². The lowest BCUT2D eigenvalue weighted by Crippen LogP contribution is -2.32. The van der Waals surface area contributed by atoms with Crippen molar-refractivity contribution in [2.24, 2.45) is 4.99 Å². The Hall–Kier alpha value is -1.79. The fraction of sp³-hybridized carbons (Fsp3) is 0.267. The molecule has 1 aromatic carbocycles. The molecule has 0 atom stereocenters. The first kappa shape index (κ1) is 14.2. The second kappa shape index (κ2) is 6.32. The van der Waals surface area contributed by atoms with E-state index in [1.165, 1.54) is 6.07 Å². The monoisotopic (exact) mass is 305 g/mol. The van der Waals surface area contributed by atoms with Crippen LogP contribution in [0.3, 0.4) is 0 Å². The largest absolute Gasteiger partial charge is 0.383 e. The molecule has 1 saturated heterocycles. The zero-order valence-corrected chi connectivity index (χ0v) is 12.5. The van der Waals surface area contributed by atoms with E-state index in [4.69, 9.17) is 4.74 Å². The zero-order valence-electron chi connectivity index (χ0n) is 11.7. The highest BCUT2D eigenvalue weighted by molar-refractivity contribution is 8.17. The molecule has 0 saturated carbocycles. The summed E-state index contributed by atoms with van der Waals surface area (Å²) in [6, 6.07) is 6.62. The molecule has 1 fully saturated rings. The van der Waals surface area contributed by atoms with Gasteiger partial charge in [0.2, 0.25) is 0 Å². The summed E-state index contributed by atoms with van der Waals surface area (Å²) in [6.07, 6.45) is 5.03. The van der Waals surface area contributed by atoms with E-state index < -0.39 is 0 Å². The fourth-order valence-electron chi connectivity index (χ4n) is 2.19. The lowest BCUT2D eigenvalue weighted by atomic mass is 10.1. The highest BCUT2D eigenvalue weighted by Gasteiger charge is 2.28. The van der Waals surface area contributed by atoms with Gasteiger partial charge < -0.3 is 4.74 Å². The quantitative estimate of drug-likeness (QED) is 0.868. The standard InChI is InChI=1S/C15H16FN3OS/c1-20-9-8-17-15-18-19-13(6-3-7-14(19)21-15)11-4-2-5-12(16)10-11/h2,4-7,10H,3,8-9H2,1H3,(H,17,18). The van der Waals surface area contributed by atoms with Gasteiger partial charge in [0.05, 0.1) is 18.8 Å². The summed E-state index contributed by atoms with van der Waals surface area (Å²) in [5, 5.41) is 3.87. The number of nitrogens with zero attached hydrogens (tertiary/aromatic N) is 2. The van der Waals surface area contributed by atoms with Gasteiger partial charge in [0, 0.05) is 12.7 Å². The Morgan fingerprint density at radius 3 is 3.14 bits per heavy atom. The third-order valence-electron chi connectivity index (χ3n) is 3.14. The minimum Gasteiger partial charge on any atom is -0.383 e. The van der Waals surface area contributed by atoms with Gasteiger partial charge in [-0.3, -0.25) is 10.4 Å². The predicted molar refractivity (Wildman–Crippen MR) is 83.8 cm³/mol. The molecule has 3 rings (SSSR count).